The van der Waals surface area contributed by atoms with E-state index in [9.17, 15) is 0 Å². The van der Waals surface area contributed by atoms with Gasteiger partial charge in [0.25, 0.3) is 0 Å². The van der Waals surface area contributed by atoms with Crippen molar-refractivity contribution in [2.24, 2.45) is 5.92 Å². The van der Waals surface area contributed by atoms with E-state index in [2.05, 4.69) is 39.8 Å². The van der Waals surface area contributed by atoms with E-state index in [0.29, 0.717) is 0 Å². The van der Waals surface area contributed by atoms with E-state index in [4.69, 9.17) is 9.84 Å². The van der Waals surface area contributed by atoms with Gasteiger partial charge in [-0.2, -0.15) is 0 Å². The summed E-state index contributed by atoms with van der Waals surface area (Å²) in [6.07, 6.45) is 3.61. The molecule has 24 heavy (non-hydrogen) atoms. The summed E-state index contributed by atoms with van der Waals surface area (Å²) in [4.78, 5) is 0. The lowest BCUT2D eigenvalue weighted by molar-refractivity contribution is 0.216. The van der Waals surface area contributed by atoms with Crippen molar-refractivity contribution in [1.29, 1.82) is 0 Å². The van der Waals surface area contributed by atoms with Gasteiger partial charge < -0.3 is 9.84 Å². The summed E-state index contributed by atoms with van der Waals surface area (Å²) in [6.45, 7) is 20.3. The first-order valence-electron chi connectivity index (χ1n) is 9.68. The number of aryl methyl sites for hydroxylation is 1. The lowest BCUT2D eigenvalue weighted by atomic mass is 10.1. The van der Waals surface area contributed by atoms with Crippen molar-refractivity contribution in [3.8, 4) is 5.75 Å². The fourth-order valence-corrected chi connectivity index (χ4v) is 1.47. The Morgan fingerprint density at radius 2 is 1.42 bits per heavy atom. The van der Waals surface area contributed by atoms with Gasteiger partial charge in [-0.1, -0.05) is 80.4 Å². The Balaban J connectivity index is -0.000000123. The van der Waals surface area contributed by atoms with E-state index < -0.39 is 0 Å². The minimum absolute atomic E-state index is 0.167. The minimum Gasteiger partial charge on any atom is -0.497 e. The lowest BCUT2D eigenvalue weighted by Gasteiger charge is -2.00. The molecule has 1 N–H and O–H groups in total. The van der Waals surface area contributed by atoms with E-state index >= 15 is 0 Å². The van der Waals surface area contributed by atoms with Crippen molar-refractivity contribution in [1.82, 2.24) is 0 Å². The predicted molar refractivity (Wildman–Crippen MR) is 112 cm³/mol. The predicted octanol–water partition coefficient (Wildman–Crippen LogP) is 7.14. The number of rotatable bonds is 4. The molecular weight excluding hydrogens is 296 g/mol. The number of aliphatic hydroxyl groups excluding tert-OH is 1. The number of methoxy groups -OCH3 is 1. The number of hydrogen-bond acceptors (Lipinski definition) is 2. The highest BCUT2D eigenvalue weighted by Crippen LogP contribution is 2.12. The summed E-state index contributed by atoms with van der Waals surface area (Å²) >= 11 is 0. The smallest absolute Gasteiger partial charge is 0.119 e. The van der Waals surface area contributed by atoms with Gasteiger partial charge in [0.1, 0.15) is 5.75 Å². The van der Waals surface area contributed by atoms with E-state index in [1.54, 1.807) is 21.0 Å². The summed E-state index contributed by atoms with van der Waals surface area (Å²) in [7, 11) is 1.69. The Kier molecular flexibility index (Phi) is 34.5. The minimum atomic E-state index is -0.167. The third kappa shape index (κ3) is 32.8. The topological polar surface area (TPSA) is 29.5 Å². The van der Waals surface area contributed by atoms with Crippen LogP contribution in [0.1, 0.15) is 87.6 Å². The Bertz CT molecular complexity index is 285. The molecule has 2 heteroatoms. The molecule has 1 aromatic carbocycles. The highest BCUT2D eigenvalue weighted by atomic mass is 16.5. The lowest BCUT2D eigenvalue weighted by Crippen LogP contribution is -1.85. The molecular formula is C22H46O2. The number of hydrogen-bond donors (Lipinski definition) is 1. The average Bonchev–Trinajstić information content (AvgIpc) is 2.58. The SMILES string of the molecule is CC.CC.CC(C)O.CCCC(C)C.CCc1cccc(OC)c1. The quantitative estimate of drug-likeness (QED) is 0.630. The monoisotopic (exact) mass is 342 g/mol. The molecule has 0 saturated heterocycles. The first-order chi connectivity index (χ1) is 11.4. The zero-order chi connectivity index (χ0) is 20.0. The molecule has 1 aromatic rings. The van der Waals surface area contributed by atoms with Crippen molar-refractivity contribution in [2.45, 2.75) is 94.6 Å². The van der Waals surface area contributed by atoms with Crippen molar-refractivity contribution in [3.63, 3.8) is 0 Å². The van der Waals surface area contributed by atoms with Gasteiger partial charge in [0, 0.05) is 6.10 Å². The molecule has 0 aliphatic heterocycles. The highest BCUT2D eigenvalue weighted by Gasteiger charge is 1.90. The summed E-state index contributed by atoms with van der Waals surface area (Å²) in [5, 5.41) is 8.06. The molecule has 0 amide bonds. The molecule has 0 saturated carbocycles. The van der Waals surface area contributed by atoms with Crippen molar-refractivity contribution < 1.29 is 9.84 Å². The molecule has 0 aliphatic carbocycles. The fourth-order valence-electron chi connectivity index (χ4n) is 1.47. The van der Waals surface area contributed by atoms with Crippen LogP contribution < -0.4 is 4.74 Å². The second-order valence-corrected chi connectivity index (χ2v) is 5.48. The van der Waals surface area contributed by atoms with Crippen LogP contribution in [0.25, 0.3) is 0 Å². The van der Waals surface area contributed by atoms with Crippen LogP contribution in [-0.2, 0) is 6.42 Å². The third-order valence-electron chi connectivity index (χ3n) is 2.41. The molecule has 0 spiro atoms. The number of benzene rings is 1. The van der Waals surface area contributed by atoms with Gasteiger partial charge in [-0.15, -0.1) is 0 Å². The van der Waals surface area contributed by atoms with Crippen LogP contribution in [0.15, 0.2) is 24.3 Å². The normalized spacial score (nSPS) is 8.42. The summed E-state index contributed by atoms with van der Waals surface area (Å²) in [5.41, 5.74) is 1.32. The van der Waals surface area contributed by atoms with Crippen LogP contribution in [0.3, 0.4) is 0 Å². The molecule has 0 atom stereocenters. The molecule has 0 aromatic heterocycles. The van der Waals surface area contributed by atoms with Gasteiger partial charge in [0.15, 0.2) is 0 Å². The highest BCUT2D eigenvalue weighted by molar-refractivity contribution is 5.28. The van der Waals surface area contributed by atoms with E-state index in [-0.39, 0.29) is 6.10 Å². The van der Waals surface area contributed by atoms with Gasteiger partial charge in [-0.3, -0.25) is 0 Å². The van der Waals surface area contributed by atoms with Gasteiger partial charge in [0.05, 0.1) is 7.11 Å². The molecule has 0 radical (unpaired) electrons. The van der Waals surface area contributed by atoms with Gasteiger partial charge in [0.2, 0.25) is 0 Å². The van der Waals surface area contributed by atoms with Crippen LogP contribution in [0.2, 0.25) is 0 Å². The first kappa shape index (κ1) is 30.8. The number of ether oxygens (including phenoxy) is 1. The molecule has 0 unspecified atom stereocenters. The standard InChI is InChI=1S/C9H12O.C6H14.C3H8O.2C2H6/c1-3-8-5-4-6-9(7-8)10-2;1-4-5-6(2)3;1-3(2)4;2*1-2/h4-7H,3H2,1-2H3;6H,4-5H2,1-3H3;3-4H,1-2H3;2*1-2H3. The Morgan fingerprint density at radius 3 is 1.67 bits per heavy atom. The Hall–Kier alpha value is -1.02. The van der Waals surface area contributed by atoms with Gasteiger partial charge in [-0.05, 0) is 43.9 Å². The van der Waals surface area contributed by atoms with Crippen molar-refractivity contribution in [2.75, 3.05) is 7.11 Å². The zero-order valence-electron chi connectivity index (χ0n) is 18.4. The number of aliphatic hydroxyl groups is 1. The second-order valence-electron chi connectivity index (χ2n) is 5.48. The molecule has 0 bridgehead atoms. The maximum absolute atomic E-state index is 8.06. The molecule has 0 fully saturated rings. The van der Waals surface area contributed by atoms with Crippen LogP contribution in [-0.4, -0.2) is 18.3 Å². The molecule has 2 nitrogen and oxygen atoms in total. The van der Waals surface area contributed by atoms with Gasteiger partial charge in [-0.25, -0.2) is 0 Å². The van der Waals surface area contributed by atoms with Crippen molar-refractivity contribution in [3.05, 3.63) is 29.8 Å². The van der Waals surface area contributed by atoms with Crippen molar-refractivity contribution >= 4 is 0 Å². The summed E-state index contributed by atoms with van der Waals surface area (Å²) in [6, 6.07) is 8.12. The van der Waals surface area contributed by atoms with E-state index in [0.717, 1.165) is 18.1 Å². The summed E-state index contributed by atoms with van der Waals surface area (Å²) < 4.78 is 5.06. The van der Waals surface area contributed by atoms with Crippen LogP contribution >= 0.6 is 0 Å². The average molecular weight is 343 g/mol. The maximum atomic E-state index is 8.06. The maximum Gasteiger partial charge on any atom is 0.119 e. The Morgan fingerprint density at radius 1 is 0.958 bits per heavy atom. The molecule has 146 valence electrons. The van der Waals surface area contributed by atoms with E-state index in [1.165, 1.54) is 18.4 Å². The first-order valence-corrected chi connectivity index (χ1v) is 9.68. The van der Waals surface area contributed by atoms with E-state index in [1.807, 2.05) is 39.8 Å². The fraction of sp³-hybridized carbons (Fsp3) is 0.727. The molecule has 1 rings (SSSR count). The van der Waals surface area contributed by atoms with Crippen LogP contribution in [0, 0.1) is 5.92 Å². The molecule has 0 heterocycles. The van der Waals surface area contributed by atoms with Gasteiger partial charge >= 0.3 is 0 Å². The Labute approximate surface area is 153 Å². The third-order valence-corrected chi connectivity index (χ3v) is 2.41. The zero-order valence-corrected chi connectivity index (χ0v) is 18.4. The summed E-state index contributed by atoms with van der Waals surface area (Å²) in [5.74, 6) is 1.84. The van der Waals surface area contributed by atoms with Crippen LogP contribution in [0.4, 0.5) is 0 Å². The largest absolute Gasteiger partial charge is 0.497 e. The molecule has 0 aliphatic rings. The second kappa shape index (κ2) is 26.9. The van der Waals surface area contributed by atoms with Crippen LogP contribution in [0.5, 0.6) is 5.75 Å².